The van der Waals surface area contributed by atoms with E-state index in [0.717, 1.165) is 9.87 Å². The molecule has 0 N–H and O–H groups in total. The van der Waals surface area contributed by atoms with Crippen LogP contribution in [0, 0.1) is 6.92 Å². The summed E-state index contributed by atoms with van der Waals surface area (Å²) in [5.41, 5.74) is 2.20. The summed E-state index contributed by atoms with van der Waals surface area (Å²) in [5, 5.41) is 1.25. The number of benzene rings is 3. The van der Waals surface area contributed by atoms with Crippen LogP contribution in [0.5, 0.6) is 0 Å². The smallest absolute Gasteiger partial charge is 0.266 e. The van der Waals surface area contributed by atoms with Gasteiger partial charge in [-0.05, 0) is 60.0 Å². The number of carbonyl (C=O) groups excluding carboxylic acids is 1. The van der Waals surface area contributed by atoms with Crippen molar-refractivity contribution in [1.29, 1.82) is 0 Å². The first-order valence-electron chi connectivity index (χ1n) is 10.1. The molecular weight excluding hydrogens is 538 g/mol. The van der Waals surface area contributed by atoms with E-state index in [1.165, 1.54) is 17.0 Å². The van der Waals surface area contributed by atoms with Crippen molar-refractivity contribution < 1.29 is 13.2 Å². The molecule has 0 aliphatic carbocycles. The molecular formula is C24H22Cl4N2O3S. The largest absolute Gasteiger partial charge is 0.347 e. The van der Waals surface area contributed by atoms with Crippen molar-refractivity contribution in [1.82, 2.24) is 4.90 Å². The number of anilines is 1. The minimum atomic E-state index is -4.27. The Morgan fingerprint density at radius 2 is 1.53 bits per heavy atom. The average molecular weight is 560 g/mol. The Bertz CT molecular complexity index is 1340. The molecule has 0 unspecified atom stereocenters. The molecule has 0 bridgehead atoms. The third-order valence-electron chi connectivity index (χ3n) is 5.21. The Hall–Kier alpha value is -1.96. The third kappa shape index (κ3) is 5.81. The number of amides is 1. The number of aryl methyl sites for hydroxylation is 1. The van der Waals surface area contributed by atoms with Gasteiger partial charge in [0, 0.05) is 35.6 Å². The molecule has 3 aromatic rings. The van der Waals surface area contributed by atoms with Crippen molar-refractivity contribution in [2.75, 3.05) is 24.9 Å². The van der Waals surface area contributed by atoms with Gasteiger partial charge in [-0.1, -0.05) is 64.6 Å². The lowest BCUT2D eigenvalue weighted by molar-refractivity contribution is -0.127. The van der Waals surface area contributed by atoms with Crippen LogP contribution in [-0.4, -0.2) is 39.9 Å². The standard InChI is InChI=1S/C24H22Cl4N2O3S/c1-15-10-23(21(28)13-20(15)27)34(32,33)30(14-24(31)29(2)3)22-9-8-18(25)12-17(22)11-16-6-4-5-7-19(16)26/h4-10,12-13H,11,14H2,1-3H3. The van der Waals surface area contributed by atoms with Crippen LogP contribution in [0.25, 0.3) is 0 Å². The highest BCUT2D eigenvalue weighted by atomic mass is 35.5. The van der Waals surface area contributed by atoms with Gasteiger partial charge in [0.15, 0.2) is 0 Å². The van der Waals surface area contributed by atoms with Crippen molar-refractivity contribution >= 4 is 68.0 Å². The molecule has 0 heterocycles. The maximum atomic E-state index is 13.9. The predicted octanol–water partition coefficient (Wildman–Crippen LogP) is 6.48. The summed E-state index contributed by atoms with van der Waals surface area (Å²) in [6, 6.07) is 14.8. The first-order valence-corrected chi connectivity index (χ1v) is 13.1. The SMILES string of the molecule is Cc1cc(S(=O)(=O)N(CC(=O)N(C)C)c2ccc(Cl)cc2Cc2ccccc2Cl)c(Cl)cc1Cl. The molecule has 0 saturated heterocycles. The predicted molar refractivity (Wildman–Crippen MR) is 140 cm³/mol. The number of hydrogen-bond acceptors (Lipinski definition) is 3. The Labute approximate surface area is 219 Å². The summed E-state index contributed by atoms with van der Waals surface area (Å²) >= 11 is 25.1. The van der Waals surface area contributed by atoms with Crippen molar-refractivity contribution in [2.45, 2.75) is 18.2 Å². The lowest BCUT2D eigenvalue weighted by atomic mass is 10.0. The summed E-state index contributed by atoms with van der Waals surface area (Å²) in [4.78, 5) is 13.9. The van der Waals surface area contributed by atoms with Gasteiger partial charge in [0.1, 0.15) is 11.4 Å². The fraction of sp³-hybridized carbons (Fsp3) is 0.208. The van der Waals surface area contributed by atoms with Crippen LogP contribution in [-0.2, 0) is 21.2 Å². The number of hydrogen-bond donors (Lipinski definition) is 0. The highest BCUT2D eigenvalue weighted by Gasteiger charge is 2.32. The quantitative estimate of drug-likeness (QED) is 0.333. The van der Waals surface area contributed by atoms with Crippen molar-refractivity contribution in [3.05, 3.63) is 91.4 Å². The van der Waals surface area contributed by atoms with E-state index in [9.17, 15) is 13.2 Å². The van der Waals surface area contributed by atoms with Gasteiger partial charge in [-0.15, -0.1) is 0 Å². The van der Waals surface area contributed by atoms with Crippen LogP contribution >= 0.6 is 46.4 Å². The van der Waals surface area contributed by atoms with Gasteiger partial charge in [-0.3, -0.25) is 9.10 Å². The zero-order valence-electron chi connectivity index (χ0n) is 18.6. The van der Waals surface area contributed by atoms with E-state index in [0.29, 0.717) is 38.3 Å². The van der Waals surface area contributed by atoms with Gasteiger partial charge in [-0.25, -0.2) is 8.42 Å². The second-order valence-electron chi connectivity index (χ2n) is 7.87. The fourth-order valence-corrected chi connectivity index (χ4v) is 5.96. The van der Waals surface area contributed by atoms with Crippen LogP contribution in [0.4, 0.5) is 5.69 Å². The third-order valence-corrected chi connectivity index (χ3v) is 8.44. The number of sulfonamides is 1. The van der Waals surface area contributed by atoms with Crippen LogP contribution < -0.4 is 4.31 Å². The highest BCUT2D eigenvalue weighted by molar-refractivity contribution is 7.93. The molecule has 0 aliphatic rings. The molecule has 0 aromatic heterocycles. The number of likely N-dealkylation sites (N-methyl/N-ethyl adjacent to an activating group) is 1. The topological polar surface area (TPSA) is 57.7 Å². The van der Waals surface area contributed by atoms with Crippen LogP contribution in [0.15, 0.2) is 59.5 Å². The molecule has 3 aromatic carbocycles. The fourth-order valence-electron chi connectivity index (χ4n) is 3.30. The molecule has 0 fully saturated rings. The van der Waals surface area contributed by atoms with Gasteiger partial charge in [-0.2, -0.15) is 0 Å². The zero-order chi connectivity index (χ0) is 25.2. The van der Waals surface area contributed by atoms with E-state index in [1.807, 2.05) is 18.2 Å². The Morgan fingerprint density at radius 3 is 2.18 bits per heavy atom. The average Bonchev–Trinajstić information content (AvgIpc) is 2.76. The molecule has 5 nitrogen and oxygen atoms in total. The van der Waals surface area contributed by atoms with Gasteiger partial charge < -0.3 is 4.90 Å². The highest BCUT2D eigenvalue weighted by Crippen LogP contribution is 2.35. The molecule has 0 radical (unpaired) electrons. The van der Waals surface area contributed by atoms with Crippen LogP contribution in [0.2, 0.25) is 20.1 Å². The number of rotatable bonds is 7. The lowest BCUT2D eigenvalue weighted by Gasteiger charge is -2.28. The van der Waals surface area contributed by atoms with E-state index in [4.69, 9.17) is 46.4 Å². The first-order chi connectivity index (χ1) is 15.9. The second-order valence-corrected chi connectivity index (χ2v) is 11.4. The van der Waals surface area contributed by atoms with Crippen LogP contribution in [0.3, 0.4) is 0 Å². The van der Waals surface area contributed by atoms with E-state index < -0.39 is 22.5 Å². The first kappa shape index (κ1) is 26.6. The second kappa shape index (κ2) is 10.8. The minimum absolute atomic E-state index is 0.0421. The molecule has 1 amide bonds. The molecule has 180 valence electrons. The summed E-state index contributed by atoms with van der Waals surface area (Å²) in [5.74, 6) is -0.413. The van der Waals surface area contributed by atoms with Gasteiger partial charge in [0.05, 0.1) is 10.7 Å². The molecule has 0 atom stereocenters. The lowest BCUT2D eigenvalue weighted by Crippen LogP contribution is -2.41. The summed E-state index contributed by atoms with van der Waals surface area (Å²) in [6.07, 6.45) is 0.297. The van der Waals surface area contributed by atoms with Gasteiger partial charge in [0.25, 0.3) is 10.0 Å². The number of nitrogens with zero attached hydrogens (tertiary/aromatic N) is 2. The molecule has 3 rings (SSSR count). The summed E-state index contributed by atoms with van der Waals surface area (Å²) < 4.78 is 28.8. The van der Waals surface area contributed by atoms with Crippen molar-refractivity contribution in [3.8, 4) is 0 Å². The summed E-state index contributed by atoms with van der Waals surface area (Å²) in [7, 11) is -1.16. The normalized spacial score (nSPS) is 11.4. The van der Waals surface area contributed by atoms with Gasteiger partial charge in [0.2, 0.25) is 5.91 Å². The van der Waals surface area contributed by atoms with E-state index >= 15 is 0 Å². The zero-order valence-corrected chi connectivity index (χ0v) is 22.5. The number of carbonyl (C=O) groups is 1. The van der Waals surface area contributed by atoms with E-state index in [-0.39, 0.29) is 9.92 Å². The van der Waals surface area contributed by atoms with Gasteiger partial charge >= 0.3 is 0 Å². The van der Waals surface area contributed by atoms with Crippen LogP contribution in [0.1, 0.15) is 16.7 Å². The van der Waals surface area contributed by atoms with E-state index in [2.05, 4.69) is 0 Å². The molecule has 10 heteroatoms. The maximum Gasteiger partial charge on any atom is 0.266 e. The molecule has 0 aliphatic heterocycles. The monoisotopic (exact) mass is 558 g/mol. The Balaban J connectivity index is 2.22. The minimum Gasteiger partial charge on any atom is -0.347 e. The Morgan fingerprint density at radius 1 is 0.853 bits per heavy atom. The summed E-state index contributed by atoms with van der Waals surface area (Å²) in [6.45, 7) is 1.24. The molecule has 0 saturated carbocycles. The maximum absolute atomic E-state index is 13.9. The van der Waals surface area contributed by atoms with E-state index in [1.54, 1.807) is 45.3 Å². The van der Waals surface area contributed by atoms with Crippen molar-refractivity contribution in [2.24, 2.45) is 0 Å². The molecule has 0 spiro atoms. The number of halogens is 4. The molecule has 34 heavy (non-hydrogen) atoms. The Kier molecular flexibility index (Phi) is 8.43. The van der Waals surface area contributed by atoms with Crippen molar-refractivity contribution in [3.63, 3.8) is 0 Å².